The van der Waals surface area contributed by atoms with E-state index in [9.17, 15) is 14.4 Å². The van der Waals surface area contributed by atoms with E-state index < -0.39 is 5.97 Å². The Morgan fingerprint density at radius 3 is 2.21 bits per heavy atom. The number of rotatable bonds is 3. The van der Waals surface area contributed by atoms with E-state index >= 15 is 0 Å². The van der Waals surface area contributed by atoms with E-state index in [1.165, 1.54) is 0 Å². The highest BCUT2D eigenvalue weighted by Crippen LogP contribution is 2.16. The maximum atomic E-state index is 12.4. The Balaban J connectivity index is 1.56. The first-order chi connectivity index (χ1) is 11.6. The molecule has 2 aliphatic heterocycles. The van der Waals surface area contributed by atoms with Crippen molar-refractivity contribution in [2.75, 3.05) is 32.8 Å². The molecule has 1 N–H and O–H groups in total. The summed E-state index contributed by atoms with van der Waals surface area (Å²) in [5.41, 5.74) is -0.113. The van der Waals surface area contributed by atoms with Gasteiger partial charge in [0.1, 0.15) is 11.8 Å². The summed E-state index contributed by atoms with van der Waals surface area (Å²) in [7, 11) is 0. The van der Waals surface area contributed by atoms with Crippen molar-refractivity contribution in [3.63, 3.8) is 0 Å². The van der Waals surface area contributed by atoms with Crippen LogP contribution < -0.4 is 0 Å². The van der Waals surface area contributed by atoms with E-state index in [2.05, 4.69) is 9.97 Å². The fourth-order valence-electron chi connectivity index (χ4n) is 2.82. The van der Waals surface area contributed by atoms with E-state index in [1.54, 1.807) is 9.80 Å². The van der Waals surface area contributed by atoms with Crippen LogP contribution in [0.1, 0.15) is 33.8 Å². The molecule has 9 heteroatoms. The molecule has 128 valence electrons. The highest BCUT2D eigenvalue weighted by Gasteiger charge is 2.31. The number of carboxylic acids is 1. The van der Waals surface area contributed by atoms with Gasteiger partial charge in [-0.25, -0.2) is 14.8 Å². The molecule has 0 saturated carbocycles. The molecule has 0 aromatic carbocycles. The second-order valence-corrected chi connectivity index (χ2v) is 5.71. The second kappa shape index (κ2) is 6.91. The SMILES string of the molecule is O=C(O)c1cnc(C(=O)N2CCN(C(=O)C3CCCO3)CC2)cn1. The topological polar surface area (TPSA) is 113 Å². The monoisotopic (exact) mass is 334 g/mol. The minimum absolute atomic E-state index is 0.00907. The van der Waals surface area contributed by atoms with Gasteiger partial charge in [0.05, 0.1) is 12.4 Å². The maximum absolute atomic E-state index is 12.4. The number of hydrogen-bond donors (Lipinski definition) is 1. The van der Waals surface area contributed by atoms with E-state index in [1.807, 2.05) is 0 Å². The molecule has 0 aliphatic carbocycles. The van der Waals surface area contributed by atoms with Crippen LogP contribution in [0.5, 0.6) is 0 Å². The van der Waals surface area contributed by atoms with Crippen LogP contribution in [0.3, 0.4) is 0 Å². The molecule has 1 aromatic rings. The van der Waals surface area contributed by atoms with Crippen LogP contribution in [0.2, 0.25) is 0 Å². The maximum Gasteiger partial charge on any atom is 0.356 e. The van der Waals surface area contributed by atoms with Gasteiger partial charge >= 0.3 is 5.97 Å². The lowest BCUT2D eigenvalue weighted by molar-refractivity contribution is -0.142. The Bertz CT molecular complexity index is 634. The van der Waals surface area contributed by atoms with Gasteiger partial charge in [-0.1, -0.05) is 0 Å². The zero-order chi connectivity index (χ0) is 17.1. The van der Waals surface area contributed by atoms with Gasteiger partial charge in [0.2, 0.25) is 0 Å². The molecule has 24 heavy (non-hydrogen) atoms. The minimum Gasteiger partial charge on any atom is -0.476 e. The summed E-state index contributed by atoms with van der Waals surface area (Å²) >= 11 is 0. The molecular formula is C15H18N4O5. The van der Waals surface area contributed by atoms with Crippen molar-refractivity contribution >= 4 is 17.8 Å². The van der Waals surface area contributed by atoms with E-state index in [0.717, 1.165) is 25.2 Å². The van der Waals surface area contributed by atoms with Crippen molar-refractivity contribution < 1.29 is 24.2 Å². The number of aromatic nitrogens is 2. The van der Waals surface area contributed by atoms with Gasteiger partial charge in [0.15, 0.2) is 5.69 Å². The molecule has 1 aromatic heterocycles. The molecule has 0 radical (unpaired) electrons. The number of aromatic carboxylic acids is 1. The first-order valence-corrected chi connectivity index (χ1v) is 7.81. The Morgan fingerprint density at radius 1 is 1.04 bits per heavy atom. The fourth-order valence-corrected chi connectivity index (χ4v) is 2.82. The summed E-state index contributed by atoms with van der Waals surface area (Å²) < 4.78 is 5.40. The highest BCUT2D eigenvalue weighted by atomic mass is 16.5. The zero-order valence-electron chi connectivity index (χ0n) is 13.1. The Morgan fingerprint density at radius 2 is 1.67 bits per heavy atom. The third-order valence-electron chi connectivity index (χ3n) is 4.17. The number of ether oxygens (including phenoxy) is 1. The Kier molecular flexibility index (Phi) is 4.70. The summed E-state index contributed by atoms with van der Waals surface area (Å²) in [5, 5.41) is 8.79. The lowest BCUT2D eigenvalue weighted by Crippen LogP contribution is -2.53. The van der Waals surface area contributed by atoms with Crippen LogP contribution in [0.4, 0.5) is 0 Å². The van der Waals surface area contributed by atoms with Gasteiger partial charge in [-0.3, -0.25) is 9.59 Å². The van der Waals surface area contributed by atoms with Crippen molar-refractivity contribution in [3.8, 4) is 0 Å². The largest absolute Gasteiger partial charge is 0.476 e. The number of carboxylic acid groups (broad SMARTS) is 1. The summed E-state index contributed by atoms with van der Waals surface area (Å²) in [6, 6.07) is 0. The molecule has 0 bridgehead atoms. The van der Waals surface area contributed by atoms with E-state index in [0.29, 0.717) is 32.8 Å². The van der Waals surface area contributed by atoms with Gasteiger partial charge in [-0.05, 0) is 12.8 Å². The molecule has 9 nitrogen and oxygen atoms in total. The standard InChI is InChI=1S/C15H18N4O5/c20-13(10-8-17-11(9-16-10)15(22)23)18-3-5-19(6-4-18)14(21)12-2-1-7-24-12/h8-9,12H,1-7H2,(H,22,23). The van der Waals surface area contributed by atoms with Crippen LogP contribution in [-0.2, 0) is 9.53 Å². The average molecular weight is 334 g/mol. The van der Waals surface area contributed by atoms with Crippen LogP contribution in [0.15, 0.2) is 12.4 Å². The summed E-state index contributed by atoms with van der Waals surface area (Å²) in [6.07, 6.45) is 3.54. The normalized spacial score (nSPS) is 20.9. The lowest BCUT2D eigenvalue weighted by atomic mass is 10.2. The quantitative estimate of drug-likeness (QED) is 0.803. The molecule has 2 amide bonds. The van der Waals surface area contributed by atoms with Gasteiger partial charge in [0.25, 0.3) is 11.8 Å². The van der Waals surface area contributed by atoms with Crippen LogP contribution in [0, 0.1) is 0 Å². The second-order valence-electron chi connectivity index (χ2n) is 5.71. The number of carbonyl (C=O) groups is 3. The molecule has 0 spiro atoms. The third-order valence-corrected chi connectivity index (χ3v) is 4.17. The van der Waals surface area contributed by atoms with Crippen LogP contribution in [-0.4, -0.2) is 81.5 Å². The molecule has 2 aliphatic rings. The Hall–Kier alpha value is -2.55. The molecule has 1 atom stereocenters. The summed E-state index contributed by atoms with van der Waals surface area (Å²) in [5.74, 6) is -1.52. The summed E-state index contributed by atoms with van der Waals surface area (Å²) in [6.45, 7) is 2.33. The molecular weight excluding hydrogens is 316 g/mol. The van der Waals surface area contributed by atoms with Crippen molar-refractivity contribution in [1.82, 2.24) is 19.8 Å². The number of amides is 2. The number of hydrogen-bond acceptors (Lipinski definition) is 6. The van der Waals surface area contributed by atoms with Gasteiger partial charge < -0.3 is 19.6 Å². The average Bonchev–Trinajstić information content (AvgIpc) is 3.15. The van der Waals surface area contributed by atoms with Crippen LogP contribution in [0.25, 0.3) is 0 Å². The number of piperazine rings is 1. The third kappa shape index (κ3) is 3.35. The van der Waals surface area contributed by atoms with Gasteiger partial charge in [0, 0.05) is 32.8 Å². The van der Waals surface area contributed by atoms with Crippen molar-refractivity contribution in [1.29, 1.82) is 0 Å². The van der Waals surface area contributed by atoms with E-state index in [-0.39, 0.29) is 29.3 Å². The molecule has 3 heterocycles. The molecule has 2 saturated heterocycles. The first-order valence-electron chi connectivity index (χ1n) is 7.81. The summed E-state index contributed by atoms with van der Waals surface area (Å²) in [4.78, 5) is 46.2. The first kappa shape index (κ1) is 16.3. The van der Waals surface area contributed by atoms with E-state index in [4.69, 9.17) is 9.84 Å². The smallest absolute Gasteiger partial charge is 0.356 e. The van der Waals surface area contributed by atoms with Crippen molar-refractivity contribution in [2.45, 2.75) is 18.9 Å². The number of carbonyl (C=O) groups excluding carboxylic acids is 2. The Labute approximate surface area is 138 Å². The van der Waals surface area contributed by atoms with Gasteiger partial charge in [-0.15, -0.1) is 0 Å². The van der Waals surface area contributed by atoms with Gasteiger partial charge in [-0.2, -0.15) is 0 Å². The molecule has 2 fully saturated rings. The van der Waals surface area contributed by atoms with Crippen LogP contribution >= 0.6 is 0 Å². The lowest BCUT2D eigenvalue weighted by Gasteiger charge is -2.35. The number of nitrogens with zero attached hydrogens (tertiary/aromatic N) is 4. The van der Waals surface area contributed by atoms with Crippen molar-refractivity contribution in [3.05, 3.63) is 23.8 Å². The van der Waals surface area contributed by atoms with Crippen molar-refractivity contribution in [2.24, 2.45) is 0 Å². The highest BCUT2D eigenvalue weighted by molar-refractivity contribution is 5.93. The predicted molar refractivity (Wildman–Crippen MR) is 80.4 cm³/mol. The minimum atomic E-state index is -1.19. The predicted octanol–water partition coefficient (Wildman–Crippen LogP) is -0.362. The zero-order valence-corrected chi connectivity index (χ0v) is 13.1. The molecule has 1 unspecified atom stereocenters. The fraction of sp³-hybridized carbons (Fsp3) is 0.533. The molecule has 3 rings (SSSR count).